The lowest BCUT2D eigenvalue weighted by Gasteiger charge is -2.15. The first-order valence-electron chi connectivity index (χ1n) is 9.12. The molecule has 0 aliphatic heterocycles. The van der Waals surface area contributed by atoms with Crippen molar-refractivity contribution in [1.82, 2.24) is 9.55 Å². The minimum absolute atomic E-state index is 0.0000954. The molecule has 2 aromatic rings. The molecule has 1 aromatic carbocycles. The van der Waals surface area contributed by atoms with Gasteiger partial charge >= 0.3 is 0 Å². The molecular weight excluding hydrogens is 324 g/mol. The normalized spacial score (nSPS) is 10.9. The number of hydrogen-bond donors (Lipinski definition) is 1. The largest absolute Gasteiger partial charge is 0.507 e. The summed E-state index contributed by atoms with van der Waals surface area (Å²) in [5.41, 5.74) is 5.04. The Kier molecular flexibility index (Phi) is 5.21. The summed E-state index contributed by atoms with van der Waals surface area (Å²) in [6.45, 7) is 6.41. The average molecular weight is 348 g/mol. The molecule has 0 bridgehead atoms. The number of nitrogens with zero attached hydrogens (tertiary/aromatic N) is 2. The molecule has 0 saturated carbocycles. The van der Waals surface area contributed by atoms with Crippen LogP contribution in [0.3, 0.4) is 0 Å². The molecule has 26 heavy (non-hydrogen) atoms. The van der Waals surface area contributed by atoms with E-state index in [1.54, 1.807) is 22.8 Å². The van der Waals surface area contributed by atoms with E-state index < -0.39 is 0 Å². The predicted octanol–water partition coefficient (Wildman–Crippen LogP) is 4.43. The van der Waals surface area contributed by atoms with Crippen molar-refractivity contribution in [3.8, 4) is 28.3 Å². The van der Waals surface area contributed by atoms with Gasteiger partial charge in [-0.2, -0.15) is 0 Å². The second-order valence-electron chi connectivity index (χ2n) is 6.22. The lowest BCUT2D eigenvalue weighted by atomic mass is 10.1. The van der Waals surface area contributed by atoms with Gasteiger partial charge in [-0.3, -0.25) is 9.36 Å². The van der Waals surface area contributed by atoms with E-state index in [1.165, 1.54) is 11.1 Å². The second-order valence-corrected chi connectivity index (χ2v) is 6.22. The van der Waals surface area contributed by atoms with Crippen molar-refractivity contribution in [2.24, 2.45) is 0 Å². The second kappa shape index (κ2) is 7.56. The molecule has 4 rings (SSSR count). The molecule has 1 aromatic heterocycles. The van der Waals surface area contributed by atoms with Gasteiger partial charge in [0.25, 0.3) is 5.56 Å². The highest BCUT2D eigenvalue weighted by Crippen LogP contribution is 2.32. The van der Waals surface area contributed by atoms with E-state index in [0.29, 0.717) is 30.8 Å². The Balaban J connectivity index is 0.000000269. The monoisotopic (exact) mass is 348 g/mol. The third-order valence-electron chi connectivity index (χ3n) is 4.61. The Morgan fingerprint density at radius 2 is 1.65 bits per heavy atom. The van der Waals surface area contributed by atoms with Gasteiger partial charge in [0.1, 0.15) is 11.6 Å². The standard InChI is InChI=1S/C16H20N2O2.C6H4/c1-4-11-13(5-2)17-15(18(6-3)16(11)20)12-9-7-8-10-14(12)19;1-2-5-4-6(5)3-1/h7-10,19H,4-6H2,1-3H3;1-4H. The van der Waals surface area contributed by atoms with Crippen molar-refractivity contribution in [3.05, 3.63) is 70.1 Å². The fourth-order valence-electron chi connectivity index (χ4n) is 3.12. The van der Waals surface area contributed by atoms with Crippen molar-refractivity contribution < 1.29 is 5.11 Å². The van der Waals surface area contributed by atoms with Gasteiger partial charge in [0.2, 0.25) is 0 Å². The molecule has 1 N–H and O–H groups in total. The maximum Gasteiger partial charge on any atom is 0.257 e. The summed E-state index contributed by atoms with van der Waals surface area (Å²) >= 11 is 0. The van der Waals surface area contributed by atoms with Crippen LogP contribution < -0.4 is 5.56 Å². The van der Waals surface area contributed by atoms with E-state index in [1.807, 2.05) is 26.8 Å². The van der Waals surface area contributed by atoms with Crippen LogP contribution in [0.4, 0.5) is 0 Å². The number of fused-ring (bicyclic) bond motifs is 1. The molecule has 2 aliphatic rings. The number of aromatic nitrogens is 2. The molecule has 1 heterocycles. The van der Waals surface area contributed by atoms with E-state index in [0.717, 1.165) is 11.3 Å². The Morgan fingerprint density at radius 3 is 2.12 bits per heavy atom. The Hall–Kier alpha value is -2.88. The van der Waals surface area contributed by atoms with Crippen molar-refractivity contribution >= 4 is 0 Å². The summed E-state index contributed by atoms with van der Waals surface area (Å²) in [6.07, 6.45) is 1.39. The van der Waals surface area contributed by atoms with E-state index in [9.17, 15) is 9.90 Å². The van der Waals surface area contributed by atoms with E-state index in [-0.39, 0.29) is 11.3 Å². The topological polar surface area (TPSA) is 55.1 Å². The van der Waals surface area contributed by atoms with Gasteiger partial charge in [-0.05, 0) is 49.1 Å². The number of phenolic OH excluding ortho intramolecular Hbond substituents is 1. The molecule has 0 unspecified atom stereocenters. The average Bonchev–Trinajstić information content (AvgIpc) is 3.26. The van der Waals surface area contributed by atoms with Gasteiger partial charge < -0.3 is 5.11 Å². The van der Waals surface area contributed by atoms with Gasteiger partial charge in [-0.25, -0.2) is 4.98 Å². The number of rotatable bonds is 4. The first kappa shape index (κ1) is 17.9. The summed E-state index contributed by atoms with van der Waals surface area (Å²) in [5, 5.41) is 10.0. The molecule has 0 spiro atoms. The molecular formula is C22H24N2O2. The van der Waals surface area contributed by atoms with Crippen LogP contribution in [0.2, 0.25) is 0 Å². The number of benzene rings is 2. The molecule has 0 atom stereocenters. The third kappa shape index (κ3) is 3.40. The van der Waals surface area contributed by atoms with Crippen LogP contribution in [0.5, 0.6) is 5.75 Å². The van der Waals surface area contributed by atoms with E-state index >= 15 is 0 Å². The lowest BCUT2D eigenvalue weighted by molar-refractivity contribution is 0.476. The Bertz CT molecular complexity index is 972. The smallest absolute Gasteiger partial charge is 0.257 e. The number of para-hydroxylation sites is 1. The number of hydrogen-bond acceptors (Lipinski definition) is 3. The lowest BCUT2D eigenvalue weighted by Crippen LogP contribution is -2.27. The zero-order valence-electron chi connectivity index (χ0n) is 15.5. The minimum Gasteiger partial charge on any atom is -0.507 e. The van der Waals surface area contributed by atoms with Crippen molar-refractivity contribution in [1.29, 1.82) is 0 Å². The first-order valence-corrected chi connectivity index (χ1v) is 9.12. The van der Waals surface area contributed by atoms with Gasteiger partial charge in [0, 0.05) is 12.1 Å². The van der Waals surface area contributed by atoms with Gasteiger partial charge in [0.15, 0.2) is 0 Å². The third-order valence-corrected chi connectivity index (χ3v) is 4.61. The van der Waals surface area contributed by atoms with Crippen molar-refractivity contribution in [2.75, 3.05) is 0 Å². The van der Waals surface area contributed by atoms with Crippen molar-refractivity contribution in [2.45, 2.75) is 40.2 Å². The summed E-state index contributed by atoms with van der Waals surface area (Å²) in [6, 6.07) is 15.5. The maximum atomic E-state index is 12.6. The van der Waals surface area contributed by atoms with Crippen LogP contribution in [-0.2, 0) is 19.4 Å². The van der Waals surface area contributed by atoms with Gasteiger partial charge in [-0.1, -0.05) is 44.2 Å². The quantitative estimate of drug-likeness (QED) is 0.594. The summed E-state index contributed by atoms with van der Waals surface area (Å²) in [5.74, 6) is 0.692. The first-order chi connectivity index (χ1) is 12.6. The Morgan fingerprint density at radius 1 is 0.962 bits per heavy atom. The maximum absolute atomic E-state index is 12.6. The van der Waals surface area contributed by atoms with Gasteiger partial charge in [-0.15, -0.1) is 0 Å². The highest BCUT2D eigenvalue weighted by Gasteiger charge is 2.16. The van der Waals surface area contributed by atoms with E-state index in [2.05, 4.69) is 29.2 Å². The predicted molar refractivity (Wildman–Crippen MR) is 105 cm³/mol. The fraction of sp³-hybridized carbons (Fsp3) is 0.273. The number of aromatic hydroxyl groups is 1. The molecule has 4 heteroatoms. The minimum atomic E-state index is 0.0000954. The van der Waals surface area contributed by atoms with Crippen LogP contribution in [0.1, 0.15) is 32.0 Å². The SMILES string of the molecule is CCc1nc(-c2ccccc2O)n(CC)c(=O)c1CC.c1cc2cc-2c1. The number of aryl methyl sites for hydroxylation is 1. The highest BCUT2D eigenvalue weighted by atomic mass is 16.3. The highest BCUT2D eigenvalue weighted by molar-refractivity contribution is 5.80. The van der Waals surface area contributed by atoms with Crippen molar-refractivity contribution in [3.63, 3.8) is 0 Å². The van der Waals surface area contributed by atoms with Crippen LogP contribution in [0.25, 0.3) is 22.5 Å². The van der Waals surface area contributed by atoms with Crippen LogP contribution >= 0.6 is 0 Å². The van der Waals surface area contributed by atoms with Crippen LogP contribution in [0.15, 0.2) is 53.3 Å². The zero-order valence-corrected chi connectivity index (χ0v) is 15.5. The molecule has 0 amide bonds. The fourth-order valence-corrected chi connectivity index (χ4v) is 3.12. The van der Waals surface area contributed by atoms with Crippen LogP contribution in [-0.4, -0.2) is 14.7 Å². The van der Waals surface area contributed by atoms with Gasteiger partial charge in [0.05, 0.1) is 11.3 Å². The Labute approximate surface area is 153 Å². The molecule has 0 saturated heterocycles. The molecule has 2 aliphatic carbocycles. The van der Waals surface area contributed by atoms with E-state index in [4.69, 9.17) is 0 Å². The van der Waals surface area contributed by atoms with Crippen LogP contribution in [0, 0.1) is 0 Å². The molecule has 0 radical (unpaired) electrons. The summed E-state index contributed by atoms with van der Waals surface area (Å²) in [4.78, 5) is 17.2. The zero-order chi connectivity index (χ0) is 18.7. The molecule has 4 nitrogen and oxygen atoms in total. The summed E-state index contributed by atoms with van der Waals surface area (Å²) in [7, 11) is 0. The molecule has 134 valence electrons. The summed E-state index contributed by atoms with van der Waals surface area (Å²) < 4.78 is 1.63. The molecule has 0 fully saturated rings. The number of phenols is 1.